The van der Waals surface area contributed by atoms with Crippen molar-refractivity contribution in [2.75, 3.05) is 13.1 Å². The first-order chi connectivity index (χ1) is 6.59. The Kier molecular flexibility index (Phi) is 2.82. The van der Waals surface area contributed by atoms with Gasteiger partial charge in [0.05, 0.1) is 6.17 Å². The molecule has 3 nitrogen and oxygen atoms in total. The van der Waals surface area contributed by atoms with Crippen molar-refractivity contribution in [3.63, 3.8) is 0 Å². The van der Waals surface area contributed by atoms with Crippen LogP contribution in [0.15, 0.2) is 0 Å². The van der Waals surface area contributed by atoms with Gasteiger partial charge in [-0.05, 0) is 33.6 Å². The minimum absolute atomic E-state index is 0.233. The molecule has 3 aliphatic rings. The molecule has 2 bridgehead atoms. The van der Waals surface area contributed by atoms with Gasteiger partial charge >= 0.3 is 0 Å². The standard InChI is InChI=1S/C11H23N3/c1-8(2)13-6-11-5-4-10(13)7-14(11)9(3)12/h8-11H,4-7,12H2,1-3H3. The largest absolute Gasteiger partial charge is 0.316 e. The second-order valence-electron chi connectivity index (χ2n) is 5.11. The summed E-state index contributed by atoms with van der Waals surface area (Å²) in [6.07, 6.45) is 2.94. The van der Waals surface area contributed by atoms with Crippen LogP contribution in [0.5, 0.6) is 0 Å². The van der Waals surface area contributed by atoms with Crippen molar-refractivity contribution in [3.05, 3.63) is 0 Å². The van der Waals surface area contributed by atoms with Crippen LogP contribution in [0.1, 0.15) is 33.6 Å². The Labute approximate surface area is 87.2 Å². The van der Waals surface area contributed by atoms with Gasteiger partial charge in [-0.3, -0.25) is 9.80 Å². The summed E-state index contributed by atoms with van der Waals surface area (Å²) in [6.45, 7) is 9.12. The van der Waals surface area contributed by atoms with Gasteiger partial charge in [0.2, 0.25) is 0 Å². The van der Waals surface area contributed by atoms with Crippen molar-refractivity contribution in [1.82, 2.24) is 9.80 Å². The van der Waals surface area contributed by atoms with Gasteiger partial charge in [-0.25, -0.2) is 0 Å². The maximum atomic E-state index is 5.98. The quantitative estimate of drug-likeness (QED) is 0.712. The van der Waals surface area contributed by atoms with Gasteiger partial charge in [0.1, 0.15) is 0 Å². The maximum Gasteiger partial charge on any atom is 0.0546 e. The first-order valence-electron chi connectivity index (χ1n) is 5.86. The third-order valence-electron chi connectivity index (χ3n) is 3.80. The molecule has 3 saturated heterocycles. The molecule has 14 heavy (non-hydrogen) atoms. The van der Waals surface area contributed by atoms with Crippen LogP contribution in [0, 0.1) is 0 Å². The highest BCUT2D eigenvalue weighted by atomic mass is 15.4. The summed E-state index contributed by atoms with van der Waals surface area (Å²) in [4.78, 5) is 5.13. The third-order valence-corrected chi connectivity index (χ3v) is 3.80. The number of hydrogen-bond donors (Lipinski definition) is 1. The molecule has 0 spiro atoms. The Bertz CT molecular complexity index is 181. The zero-order valence-electron chi connectivity index (χ0n) is 9.61. The normalized spacial score (nSPS) is 36.6. The highest BCUT2D eigenvalue weighted by Gasteiger charge is 2.40. The number of hydrogen-bond acceptors (Lipinski definition) is 3. The fraction of sp³-hybridized carbons (Fsp3) is 1.00. The van der Waals surface area contributed by atoms with E-state index in [1.54, 1.807) is 0 Å². The molecule has 0 radical (unpaired) electrons. The van der Waals surface area contributed by atoms with Crippen LogP contribution in [-0.2, 0) is 0 Å². The van der Waals surface area contributed by atoms with Crippen molar-refractivity contribution in [2.24, 2.45) is 5.73 Å². The molecule has 0 aliphatic carbocycles. The second-order valence-corrected chi connectivity index (χ2v) is 5.11. The highest BCUT2D eigenvalue weighted by Crippen LogP contribution is 2.30. The van der Waals surface area contributed by atoms with Gasteiger partial charge in [0.15, 0.2) is 0 Å². The predicted octanol–water partition coefficient (Wildman–Crippen LogP) is 0.848. The zero-order chi connectivity index (χ0) is 10.3. The van der Waals surface area contributed by atoms with Crippen LogP contribution in [-0.4, -0.2) is 47.2 Å². The van der Waals surface area contributed by atoms with Gasteiger partial charge in [-0.2, -0.15) is 0 Å². The van der Waals surface area contributed by atoms with Crippen molar-refractivity contribution >= 4 is 0 Å². The summed E-state index contributed by atoms with van der Waals surface area (Å²) >= 11 is 0. The SMILES string of the molecule is CC(C)N1CC2CCC1CN2C(C)N. The van der Waals surface area contributed by atoms with E-state index in [2.05, 4.69) is 30.6 Å². The van der Waals surface area contributed by atoms with Gasteiger partial charge in [0, 0.05) is 31.2 Å². The number of nitrogens with zero attached hydrogens (tertiary/aromatic N) is 2. The molecule has 3 fully saturated rings. The lowest BCUT2D eigenvalue weighted by molar-refractivity contribution is -0.0516. The molecule has 0 aromatic carbocycles. The van der Waals surface area contributed by atoms with E-state index in [9.17, 15) is 0 Å². The fourth-order valence-electron chi connectivity index (χ4n) is 3.02. The minimum Gasteiger partial charge on any atom is -0.316 e. The maximum absolute atomic E-state index is 5.98. The van der Waals surface area contributed by atoms with Crippen LogP contribution in [0.4, 0.5) is 0 Å². The zero-order valence-corrected chi connectivity index (χ0v) is 9.61. The molecular formula is C11H23N3. The topological polar surface area (TPSA) is 32.5 Å². The Balaban J connectivity index is 2.05. The molecule has 3 heteroatoms. The third kappa shape index (κ3) is 1.69. The lowest BCUT2D eigenvalue weighted by atomic mass is 9.89. The molecule has 0 aromatic heterocycles. The van der Waals surface area contributed by atoms with E-state index < -0.39 is 0 Å². The molecule has 3 heterocycles. The first-order valence-corrected chi connectivity index (χ1v) is 5.86. The van der Waals surface area contributed by atoms with Crippen LogP contribution in [0.25, 0.3) is 0 Å². The average molecular weight is 197 g/mol. The van der Waals surface area contributed by atoms with Crippen LogP contribution in [0.3, 0.4) is 0 Å². The molecule has 2 N–H and O–H groups in total. The molecule has 3 rings (SSSR count). The molecule has 82 valence electrons. The number of nitrogens with two attached hydrogens (primary N) is 1. The van der Waals surface area contributed by atoms with E-state index in [0.29, 0.717) is 12.1 Å². The smallest absolute Gasteiger partial charge is 0.0546 e. The molecule has 0 amide bonds. The molecule has 0 aromatic rings. The molecule has 3 atom stereocenters. The summed E-state index contributed by atoms with van der Waals surface area (Å²) in [5.74, 6) is 0. The number of rotatable bonds is 2. The van der Waals surface area contributed by atoms with Crippen molar-refractivity contribution in [1.29, 1.82) is 0 Å². The number of piperazine rings is 1. The summed E-state index contributed by atoms with van der Waals surface area (Å²) in [6, 6.07) is 2.16. The fourth-order valence-corrected chi connectivity index (χ4v) is 3.02. The molecule has 0 saturated carbocycles. The van der Waals surface area contributed by atoms with E-state index in [-0.39, 0.29) is 6.17 Å². The van der Waals surface area contributed by atoms with E-state index >= 15 is 0 Å². The van der Waals surface area contributed by atoms with E-state index in [0.717, 1.165) is 6.04 Å². The van der Waals surface area contributed by atoms with Gasteiger partial charge in [-0.1, -0.05) is 0 Å². The summed E-state index contributed by atoms with van der Waals surface area (Å²) < 4.78 is 0. The van der Waals surface area contributed by atoms with Gasteiger partial charge < -0.3 is 5.73 Å². The monoisotopic (exact) mass is 197 g/mol. The van der Waals surface area contributed by atoms with E-state index in [1.165, 1.54) is 25.9 Å². The average Bonchev–Trinajstić information content (AvgIpc) is 2.18. The minimum atomic E-state index is 0.233. The Morgan fingerprint density at radius 1 is 1.00 bits per heavy atom. The molecule has 3 unspecified atom stereocenters. The number of piperidine rings is 2. The van der Waals surface area contributed by atoms with Crippen molar-refractivity contribution < 1.29 is 0 Å². The van der Waals surface area contributed by atoms with Crippen LogP contribution >= 0.6 is 0 Å². The predicted molar refractivity (Wildman–Crippen MR) is 59.0 cm³/mol. The van der Waals surface area contributed by atoms with Crippen LogP contribution in [0.2, 0.25) is 0 Å². The van der Waals surface area contributed by atoms with Gasteiger partial charge in [-0.15, -0.1) is 0 Å². The van der Waals surface area contributed by atoms with Crippen LogP contribution < -0.4 is 5.73 Å². The van der Waals surface area contributed by atoms with E-state index in [4.69, 9.17) is 5.73 Å². The number of fused-ring (bicyclic) bond motifs is 3. The second kappa shape index (κ2) is 3.80. The van der Waals surface area contributed by atoms with Gasteiger partial charge in [0.25, 0.3) is 0 Å². The first kappa shape index (κ1) is 10.4. The summed E-state index contributed by atoms with van der Waals surface area (Å²) in [5.41, 5.74) is 5.98. The lowest BCUT2D eigenvalue weighted by Gasteiger charge is -2.54. The highest BCUT2D eigenvalue weighted by molar-refractivity contribution is 4.96. The summed E-state index contributed by atoms with van der Waals surface area (Å²) in [5, 5.41) is 0. The van der Waals surface area contributed by atoms with E-state index in [1.807, 2.05) is 0 Å². The molecule has 3 aliphatic heterocycles. The lowest BCUT2D eigenvalue weighted by Crippen LogP contribution is -2.66. The Morgan fingerprint density at radius 2 is 1.50 bits per heavy atom. The van der Waals surface area contributed by atoms with Crippen molar-refractivity contribution in [2.45, 2.75) is 57.9 Å². The Hall–Kier alpha value is -0.120. The Morgan fingerprint density at radius 3 is 1.86 bits per heavy atom. The summed E-state index contributed by atoms with van der Waals surface area (Å²) in [7, 11) is 0. The molecular weight excluding hydrogens is 174 g/mol. The van der Waals surface area contributed by atoms with Crippen molar-refractivity contribution in [3.8, 4) is 0 Å².